The summed E-state index contributed by atoms with van der Waals surface area (Å²) >= 11 is 0. The Balaban J connectivity index is 0. The molecule has 0 aliphatic heterocycles. The van der Waals surface area contributed by atoms with E-state index in [1.165, 1.54) is 0 Å². The Labute approximate surface area is 109 Å². The smallest absolute Gasteiger partial charge is 0.330 e. The lowest BCUT2D eigenvalue weighted by Gasteiger charge is -2.23. The first kappa shape index (κ1) is 18.8. The Bertz CT molecular complexity index is 325. The standard InChI is InChI=1S/C11H20O2.C3H4O2/c1-8(2)6-11(4,5)7-9(3)10(12)13;1-2-3(4)5/h7-8H,6H2,1-5H3,(H,12,13);2H,1H2,(H,4,5). The van der Waals surface area contributed by atoms with Gasteiger partial charge < -0.3 is 10.2 Å². The molecular weight excluding hydrogens is 232 g/mol. The number of hydrogen-bond acceptors (Lipinski definition) is 2. The Morgan fingerprint density at radius 2 is 1.67 bits per heavy atom. The summed E-state index contributed by atoms with van der Waals surface area (Å²) in [5.41, 5.74) is 0.419. The average molecular weight is 256 g/mol. The van der Waals surface area contributed by atoms with Crippen molar-refractivity contribution in [3.63, 3.8) is 0 Å². The molecule has 0 heterocycles. The molecule has 0 unspecified atom stereocenters. The number of hydrogen-bond donors (Lipinski definition) is 2. The van der Waals surface area contributed by atoms with Crippen LogP contribution in [0.4, 0.5) is 0 Å². The van der Waals surface area contributed by atoms with E-state index in [0.717, 1.165) is 12.5 Å². The fraction of sp³-hybridized carbons (Fsp3) is 0.571. The average Bonchev–Trinajstić information content (AvgIpc) is 2.15. The van der Waals surface area contributed by atoms with Gasteiger partial charge in [0, 0.05) is 11.6 Å². The molecule has 0 aromatic carbocycles. The molecule has 0 rings (SSSR count). The third-order valence-electron chi connectivity index (χ3n) is 2.05. The summed E-state index contributed by atoms with van der Waals surface area (Å²) in [6.45, 7) is 13.0. The lowest BCUT2D eigenvalue weighted by atomic mass is 9.82. The van der Waals surface area contributed by atoms with Crippen LogP contribution in [-0.4, -0.2) is 22.2 Å². The van der Waals surface area contributed by atoms with Gasteiger partial charge in [0.1, 0.15) is 0 Å². The summed E-state index contributed by atoms with van der Waals surface area (Å²) in [6.07, 6.45) is 3.69. The van der Waals surface area contributed by atoms with Crippen LogP contribution < -0.4 is 0 Å². The van der Waals surface area contributed by atoms with Crippen LogP contribution >= 0.6 is 0 Å². The summed E-state index contributed by atoms with van der Waals surface area (Å²) < 4.78 is 0. The minimum Gasteiger partial charge on any atom is -0.478 e. The molecule has 4 heteroatoms. The molecule has 18 heavy (non-hydrogen) atoms. The van der Waals surface area contributed by atoms with Crippen molar-refractivity contribution < 1.29 is 19.8 Å². The topological polar surface area (TPSA) is 74.6 Å². The van der Waals surface area contributed by atoms with Crippen molar-refractivity contribution in [3.05, 3.63) is 24.3 Å². The second-order valence-electron chi connectivity index (χ2n) is 5.26. The van der Waals surface area contributed by atoms with Gasteiger partial charge in [0.2, 0.25) is 0 Å². The predicted octanol–water partition coefficient (Wildman–Crippen LogP) is 3.35. The van der Waals surface area contributed by atoms with Crippen LogP contribution in [0, 0.1) is 11.3 Å². The molecule has 0 aromatic heterocycles. The number of carboxylic acids is 2. The second-order valence-corrected chi connectivity index (χ2v) is 5.26. The van der Waals surface area contributed by atoms with E-state index in [-0.39, 0.29) is 5.41 Å². The molecule has 0 aliphatic rings. The van der Waals surface area contributed by atoms with Crippen molar-refractivity contribution in [1.82, 2.24) is 0 Å². The lowest BCUT2D eigenvalue weighted by Crippen LogP contribution is -2.13. The summed E-state index contributed by atoms with van der Waals surface area (Å²) in [5.74, 6) is -1.21. The van der Waals surface area contributed by atoms with Crippen LogP contribution in [0.1, 0.15) is 41.0 Å². The first-order chi connectivity index (χ1) is 8.01. The van der Waals surface area contributed by atoms with E-state index in [2.05, 4.69) is 34.3 Å². The van der Waals surface area contributed by atoms with E-state index in [0.29, 0.717) is 11.5 Å². The molecule has 0 fully saturated rings. The van der Waals surface area contributed by atoms with Gasteiger partial charge in [0.15, 0.2) is 0 Å². The maximum absolute atomic E-state index is 10.6. The first-order valence-electron chi connectivity index (χ1n) is 5.80. The van der Waals surface area contributed by atoms with Crippen LogP contribution in [0.5, 0.6) is 0 Å². The van der Waals surface area contributed by atoms with E-state index in [4.69, 9.17) is 10.2 Å². The fourth-order valence-electron chi connectivity index (χ4n) is 1.76. The second kappa shape index (κ2) is 8.50. The van der Waals surface area contributed by atoms with Crippen molar-refractivity contribution in [2.45, 2.75) is 41.0 Å². The number of rotatable bonds is 5. The quantitative estimate of drug-likeness (QED) is 0.740. The first-order valence-corrected chi connectivity index (χ1v) is 5.80. The fourth-order valence-corrected chi connectivity index (χ4v) is 1.76. The third kappa shape index (κ3) is 12.5. The van der Waals surface area contributed by atoms with Crippen LogP contribution in [0.2, 0.25) is 0 Å². The summed E-state index contributed by atoms with van der Waals surface area (Å²) in [4.78, 5) is 19.8. The normalized spacial score (nSPS) is 11.6. The molecule has 0 aliphatic carbocycles. The maximum Gasteiger partial charge on any atom is 0.330 e. The van der Waals surface area contributed by atoms with E-state index < -0.39 is 11.9 Å². The number of carboxylic acid groups (broad SMARTS) is 2. The monoisotopic (exact) mass is 256 g/mol. The van der Waals surface area contributed by atoms with E-state index >= 15 is 0 Å². The van der Waals surface area contributed by atoms with Gasteiger partial charge >= 0.3 is 11.9 Å². The Hall–Kier alpha value is -1.58. The van der Waals surface area contributed by atoms with Gasteiger partial charge in [-0.3, -0.25) is 0 Å². The molecule has 2 N–H and O–H groups in total. The Kier molecular flexibility index (Phi) is 8.87. The minimum absolute atomic E-state index is 0.0172. The Morgan fingerprint density at radius 1 is 1.28 bits per heavy atom. The molecular formula is C14H24O4. The van der Waals surface area contributed by atoms with Gasteiger partial charge in [-0.1, -0.05) is 40.3 Å². The van der Waals surface area contributed by atoms with Gasteiger partial charge in [0.25, 0.3) is 0 Å². The molecule has 0 bridgehead atoms. The zero-order chi connectivity index (χ0) is 14.9. The zero-order valence-corrected chi connectivity index (χ0v) is 11.9. The molecule has 104 valence electrons. The number of allylic oxidation sites excluding steroid dienone is 1. The minimum atomic E-state index is -0.981. The highest BCUT2D eigenvalue weighted by atomic mass is 16.4. The van der Waals surface area contributed by atoms with Gasteiger partial charge in [-0.05, 0) is 24.7 Å². The molecule has 0 radical (unpaired) electrons. The molecule has 0 amide bonds. The summed E-state index contributed by atoms with van der Waals surface area (Å²) in [5, 5.41) is 16.3. The Morgan fingerprint density at radius 3 is 1.89 bits per heavy atom. The molecule has 4 nitrogen and oxygen atoms in total. The largest absolute Gasteiger partial charge is 0.478 e. The van der Waals surface area contributed by atoms with Gasteiger partial charge in [-0.25, -0.2) is 9.59 Å². The molecule has 0 atom stereocenters. The van der Waals surface area contributed by atoms with Crippen LogP contribution in [0.25, 0.3) is 0 Å². The summed E-state index contributed by atoms with van der Waals surface area (Å²) in [7, 11) is 0. The van der Waals surface area contributed by atoms with Gasteiger partial charge in [-0.15, -0.1) is 0 Å². The third-order valence-corrected chi connectivity index (χ3v) is 2.05. The summed E-state index contributed by atoms with van der Waals surface area (Å²) in [6, 6.07) is 0. The van der Waals surface area contributed by atoms with Crippen molar-refractivity contribution in [2.24, 2.45) is 11.3 Å². The van der Waals surface area contributed by atoms with E-state index in [1.54, 1.807) is 6.92 Å². The molecule has 0 saturated carbocycles. The van der Waals surface area contributed by atoms with E-state index in [1.807, 2.05) is 6.08 Å². The van der Waals surface area contributed by atoms with Gasteiger partial charge in [-0.2, -0.15) is 0 Å². The maximum atomic E-state index is 10.6. The highest BCUT2D eigenvalue weighted by Gasteiger charge is 2.18. The van der Waals surface area contributed by atoms with Crippen molar-refractivity contribution in [2.75, 3.05) is 0 Å². The molecule has 0 aromatic rings. The van der Waals surface area contributed by atoms with E-state index in [9.17, 15) is 9.59 Å². The van der Waals surface area contributed by atoms with Crippen molar-refractivity contribution in [1.29, 1.82) is 0 Å². The zero-order valence-electron chi connectivity index (χ0n) is 11.9. The SMILES string of the molecule is C=CC(=O)O.CC(=CC(C)(C)CC(C)C)C(=O)O. The van der Waals surface area contributed by atoms with Crippen molar-refractivity contribution in [3.8, 4) is 0 Å². The van der Waals surface area contributed by atoms with Crippen LogP contribution in [0.15, 0.2) is 24.3 Å². The van der Waals surface area contributed by atoms with Gasteiger partial charge in [0.05, 0.1) is 0 Å². The molecule has 0 saturated heterocycles. The predicted molar refractivity (Wildman–Crippen MR) is 72.5 cm³/mol. The van der Waals surface area contributed by atoms with Crippen LogP contribution in [0.3, 0.4) is 0 Å². The molecule has 0 spiro atoms. The number of aliphatic carboxylic acids is 2. The number of carbonyl (C=O) groups is 2. The lowest BCUT2D eigenvalue weighted by molar-refractivity contribution is -0.133. The van der Waals surface area contributed by atoms with Crippen LogP contribution in [-0.2, 0) is 9.59 Å². The van der Waals surface area contributed by atoms with Crippen molar-refractivity contribution >= 4 is 11.9 Å². The highest BCUT2D eigenvalue weighted by molar-refractivity contribution is 5.85. The highest BCUT2D eigenvalue weighted by Crippen LogP contribution is 2.27.